The third-order valence-electron chi connectivity index (χ3n) is 4.39. The quantitative estimate of drug-likeness (QED) is 0.771. The van der Waals surface area contributed by atoms with Crippen LogP contribution in [0.15, 0.2) is 36.9 Å². The summed E-state index contributed by atoms with van der Waals surface area (Å²) in [7, 11) is 0. The summed E-state index contributed by atoms with van der Waals surface area (Å²) < 4.78 is 5.88. The molecule has 4 rings (SSSR count). The van der Waals surface area contributed by atoms with Gasteiger partial charge in [-0.3, -0.25) is 4.79 Å². The van der Waals surface area contributed by atoms with Crippen LogP contribution in [0.3, 0.4) is 0 Å². The number of carbonyl (C=O) groups excluding carboxylic acids is 1. The van der Waals surface area contributed by atoms with Crippen LogP contribution in [0.2, 0.25) is 0 Å². The van der Waals surface area contributed by atoms with E-state index in [1.807, 2.05) is 12.1 Å². The van der Waals surface area contributed by atoms with Gasteiger partial charge in [0, 0.05) is 17.5 Å². The number of ketones is 1. The van der Waals surface area contributed by atoms with Gasteiger partial charge in [-0.1, -0.05) is 24.8 Å². The van der Waals surface area contributed by atoms with Crippen molar-refractivity contribution in [2.75, 3.05) is 0 Å². The first-order chi connectivity index (χ1) is 10.3. The van der Waals surface area contributed by atoms with Gasteiger partial charge in [0.2, 0.25) is 0 Å². The summed E-state index contributed by atoms with van der Waals surface area (Å²) in [6.45, 7) is 4.36. The van der Waals surface area contributed by atoms with Crippen molar-refractivity contribution in [3.05, 3.63) is 59.2 Å². The van der Waals surface area contributed by atoms with Gasteiger partial charge in [-0.15, -0.1) is 0 Å². The van der Waals surface area contributed by atoms with Crippen molar-refractivity contribution in [1.29, 1.82) is 0 Å². The molecule has 2 aromatic rings. The van der Waals surface area contributed by atoms with Crippen LogP contribution in [0.4, 0.5) is 0 Å². The monoisotopic (exact) mass is 276 g/mol. The Hall–Kier alpha value is -2.35. The molecule has 2 nitrogen and oxygen atoms in total. The van der Waals surface area contributed by atoms with Crippen LogP contribution in [0.25, 0.3) is 17.2 Å². The Kier molecular flexibility index (Phi) is 2.71. The molecule has 1 aliphatic heterocycles. The number of Topliss-reactive ketones (excluding diaryl/α,β-unsaturated/α-hetero) is 1. The fraction of sp³-hybridized carbons (Fsp3) is 0.211. The standard InChI is InChI=1S/C19H16O2/c1-2-12-6-7-15-14(8-12)11-21-19-10-16-13(9-17(15)19)4-3-5-18(16)20/h2,6-10H,1,3-5,11H2. The highest BCUT2D eigenvalue weighted by Crippen LogP contribution is 2.41. The average Bonchev–Trinajstić information content (AvgIpc) is 2.53. The van der Waals surface area contributed by atoms with Crippen molar-refractivity contribution in [3.8, 4) is 16.9 Å². The third-order valence-corrected chi connectivity index (χ3v) is 4.39. The lowest BCUT2D eigenvalue weighted by Crippen LogP contribution is -2.13. The van der Waals surface area contributed by atoms with E-state index in [0.29, 0.717) is 13.0 Å². The van der Waals surface area contributed by atoms with E-state index < -0.39 is 0 Å². The molecular weight excluding hydrogens is 260 g/mol. The van der Waals surface area contributed by atoms with E-state index in [2.05, 4.69) is 30.8 Å². The molecule has 0 atom stereocenters. The van der Waals surface area contributed by atoms with E-state index in [1.54, 1.807) is 0 Å². The Morgan fingerprint density at radius 2 is 1.90 bits per heavy atom. The lowest BCUT2D eigenvalue weighted by molar-refractivity contribution is 0.0972. The molecule has 0 spiro atoms. The molecular formula is C19H16O2. The predicted molar refractivity (Wildman–Crippen MR) is 83.6 cm³/mol. The molecule has 0 bridgehead atoms. The number of benzene rings is 2. The normalized spacial score (nSPS) is 15.5. The van der Waals surface area contributed by atoms with Gasteiger partial charge in [0.1, 0.15) is 12.4 Å². The topological polar surface area (TPSA) is 26.3 Å². The summed E-state index contributed by atoms with van der Waals surface area (Å²) in [5.74, 6) is 1.08. The summed E-state index contributed by atoms with van der Waals surface area (Å²) in [5, 5.41) is 0. The van der Waals surface area contributed by atoms with E-state index in [9.17, 15) is 4.79 Å². The number of ether oxygens (including phenoxy) is 1. The van der Waals surface area contributed by atoms with E-state index in [4.69, 9.17) is 4.74 Å². The fourth-order valence-electron chi connectivity index (χ4n) is 3.27. The maximum atomic E-state index is 12.0. The number of hydrogen-bond acceptors (Lipinski definition) is 2. The van der Waals surface area contributed by atoms with Gasteiger partial charge in [0.25, 0.3) is 0 Å². The van der Waals surface area contributed by atoms with Gasteiger partial charge in [-0.05, 0) is 53.3 Å². The molecule has 0 aromatic heterocycles. The number of aryl methyl sites for hydroxylation is 1. The molecule has 0 saturated carbocycles. The highest BCUT2D eigenvalue weighted by Gasteiger charge is 2.24. The van der Waals surface area contributed by atoms with Crippen molar-refractivity contribution in [3.63, 3.8) is 0 Å². The zero-order chi connectivity index (χ0) is 14.4. The summed E-state index contributed by atoms with van der Waals surface area (Å²) >= 11 is 0. The van der Waals surface area contributed by atoms with Crippen molar-refractivity contribution in [2.24, 2.45) is 0 Å². The van der Waals surface area contributed by atoms with E-state index in [0.717, 1.165) is 40.8 Å². The first-order valence-electron chi connectivity index (χ1n) is 7.35. The summed E-state index contributed by atoms with van der Waals surface area (Å²) in [5.41, 5.74) is 6.62. The van der Waals surface area contributed by atoms with Gasteiger partial charge < -0.3 is 4.74 Å². The van der Waals surface area contributed by atoms with Gasteiger partial charge in [-0.2, -0.15) is 0 Å². The Morgan fingerprint density at radius 1 is 1.00 bits per heavy atom. The molecule has 21 heavy (non-hydrogen) atoms. The van der Waals surface area contributed by atoms with Gasteiger partial charge in [0.15, 0.2) is 5.78 Å². The molecule has 0 radical (unpaired) electrons. The van der Waals surface area contributed by atoms with Crippen LogP contribution in [0.1, 0.15) is 39.9 Å². The molecule has 0 unspecified atom stereocenters. The Bertz CT molecular complexity index is 771. The third kappa shape index (κ3) is 1.90. The molecule has 0 fully saturated rings. The van der Waals surface area contributed by atoms with Crippen molar-refractivity contribution >= 4 is 11.9 Å². The van der Waals surface area contributed by atoms with Gasteiger partial charge >= 0.3 is 0 Å². The minimum atomic E-state index is 0.246. The average molecular weight is 276 g/mol. The minimum Gasteiger partial charge on any atom is -0.488 e. The molecule has 0 saturated heterocycles. The lowest BCUT2D eigenvalue weighted by Gasteiger charge is -2.24. The predicted octanol–water partition coefficient (Wildman–Crippen LogP) is 4.41. The van der Waals surface area contributed by atoms with Gasteiger partial charge in [0.05, 0.1) is 0 Å². The number of hydrogen-bond donors (Lipinski definition) is 0. The van der Waals surface area contributed by atoms with Crippen LogP contribution >= 0.6 is 0 Å². The van der Waals surface area contributed by atoms with Gasteiger partial charge in [-0.25, -0.2) is 0 Å². The highest BCUT2D eigenvalue weighted by molar-refractivity contribution is 6.00. The zero-order valence-electron chi connectivity index (χ0n) is 11.8. The maximum Gasteiger partial charge on any atom is 0.163 e. The van der Waals surface area contributed by atoms with Crippen molar-refractivity contribution < 1.29 is 9.53 Å². The van der Waals surface area contributed by atoms with Crippen molar-refractivity contribution in [1.82, 2.24) is 0 Å². The second-order valence-corrected chi connectivity index (χ2v) is 5.69. The van der Waals surface area contributed by atoms with Crippen LogP contribution < -0.4 is 4.74 Å². The molecule has 104 valence electrons. The van der Waals surface area contributed by atoms with E-state index in [-0.39, 0.29) is 5.78 Å². The fourth-order valence-corrected chi connectivity index (χ4v) is 3.27. The zero-order valence-corrected chi connectivity index (χ0v) is 11.8. The van der Waals surface area contributed by atoms with E-state index in [1.165, 1.54) is 11.1 Å². The Morgan fingerprint density at radius 3 is 2.76 bits per heavy atom. The highest BCUT2D eigenvalue weighted by atomic mass is 16.5. The first-order valence-corrected chi connectivity index (χ1v) is 7.35. The maximum absolute atomic E-state index is 12.0. The molecule has 2 aliphatic rings. The van der Waals surface area contributed by atoms with Crippen molar-refractivity contribution in [2.45, 2.75) is 25.9 Å². The SMILES string of the molecule is C=Cc1ccc2c(c1)COc1cc3c(cc1-2)CCCC3=O. The largest absolute Gasteiger partial charge is 0.488 e. The molecule has 0 N–H and O–H groups in total. The number of carbonyl (C=O) groups is 1. The molecule has 0 amide bonds. The lowest BCUT2D eigenvalue weighted by atomic mass is 9.86. The second kappa shape index (κ2) is 4.59. The van der Waals surface area contributed by atoms with Crippen LogP contribution in [-0.4, -0.2) is 5.78 Å². The number of rotatable bonds is 1. The molecule has 1 aliphatic carbocycles. The number of fused-ring (bicyclic) bond motifs is 4. The first kappa shape index (κ1) is 12.4. The molecule has 1 heterocycles. The summed E-state index contributed by atoms with van der Waals surface area (Å²) in [6, 6.07) is 10.4. The minimum absolute atomic E-state index is 0.246. The Balaban J connectivity index is 1.90. The smallest absolute Gasteiger partial charge is 0.163 e. The second-order valence-electron chi connectivity index (χ2n) is 5.69. The van der Waals surface area contributed by atoms with Crippen LogP contribution in [0, 0.1) is 0 Å². The molecule has 2 heteroatoms. The van der Waals surface area contributed by atoms with E-state index >= 15 is 0 Å². The van der Waals surface area contributed by atoms with Crippen LogP contribution in [-0.2, 0) is 13.0 Å². The molecule has 2 aromatic carbocycles. The van der Waals surface area contributed by atoms with Crippen LogP contribution in [0.5, 0.6) is 5.75 Å². The summed E-state index contributed by atoms with van der Waals surface area (Å²) in [6.07, 6.45) is 4.44. The Labute approximate surface area is 124 Å². The summed E-state index contributed by atoms with van der Waals surface area (Å²) in [4.78, 5) is 12.0.